The van der Waals surface area contributed by atoms with Gasteiger partial charge in [0, 0.05) is 18.0 Å². The minimum absolute atomic E-state index is 0.0429. The van der Waals surface area contributed by atoms with Crippen LogP contribution in [0.4, 0.5) is 0 Å². The van der Waals surface area contributed by atoms with E-state index in [2.05, 4.69) is 18.0 Å². The Hall–Kier alpha value is -3.58. The molecule has 0 radical (unpaired) electrons. The van der Waals surface area contributed by atoms with Gasteiger partial charge in [-0.1, -0.05) is 36.9 Å². The lowest BCUT2D eigenvalue weighted by Gasteiger charge is -2.37. The molecule has 6 nitrogen and oxygen atoms in total. The van der Waals surface area contributed by atoms with E-state index in [1.165, 1.54) is 6.08 Å². The summed E-state index contributed by atoms with van der Waals surface area (Å²) in [5.41, 5.74) is 4.04. The van der Waals surface area contributed by atoms with Crippen LogP contribution in [0.5, 0.6) is 11.5 Å². The maximum absolute atomic E-state index is 13.7. The van der Waals surface area contributed by atoms with E-state index >= 15 is 0 Å². The van der Waals surface area contributed by atoms with E-state index in [0.717, 1.165) is 33.6 Å². The van der Waals surface area contributed by atoms with Gasteiger partial charge in [0.15, 0.2) is 11.5 Å². The van der Waals surface area contributed by atoms with Gasteiger partial charge in [-0.2, -0.15) is 0 Å². The summed E-state index contributed by atoms with van der Waals surface area (Å²) in [6.07, 6.45) is 2.23. The van der Waals surface area contributed by atoms with Crippen molar-refractivity contribution in [2.75, 3.05) is 20.8 Å². The van der Waals surface area contributed by atoms with Gasteiger partial charge in [-0.05, 0) is 58.3 Å². The van der Waals surface area contributed by atoms with Crippen LogP contribution >= 0.6 is 11.3 Å². The zero-order chi connectivity index (χ0) is 24.1. The molecule has 176 valence electrons. The molecule has 4 rings (SSSR count). The smallest absolute Gasteiger partial charge is 0.243 e. The molecule has 1 aromatic heterocycles. The first-order valence-electron chi connectivity index (χ1n) is 11.1. The van der Waals surface area contributed by atoms with Gasteiger partial charge in [0.2, 0.25) is 11.8 Å². The molecule has 1 aliphatic heterocycles. The summed E-state index contributed by atoms with van der Waals surface area (Å²) in [5.74, 6) is 1.15. The Balaban J connectivity index is 1.65. The van der Waals surface area contributed by atoms with Gasteiger partial charge < -0.3 is 19.7 Å². The van der Waals surface area contributed by atoms with E-state index in [1.807, 2.05) is 52.7 Å². The van der Waals surface area contributed by atoms with Crippen molar-refractivity contribution >= 4 is 23.2 Å². The van der Waals surface area contributed by atoms with E-state index in [1.54, 1.807) is 25.6 Å². The summed E-state index contributed by atoms with van der Waals surface area (Å²) in [6.45, 7) is 4.45. The minimum atomic E-state index is -0.240. The van der Waals surface area contributed by atoms with Gasteiger partial charge in [0.1, 0.15) is 0 Å². The Morgan fingerprint density at radius 2 is 1.85 bits per heavy atom. The van der Waals surface area contributed by atoms with Crippen LogP contribution in [0.1, 0.15) is 33.2 Å². The second-order valence-corrected chi connectivity index (χ2v) is 9.01. The van der Waals surface area contributed by atoms with Gasteiger partial charge in [0.25, 0.3) is 0 Å². The quantitative estimate of drug-likeness (QED) is 0.493. The summed E-state index contributed by atoms with van der Waals surface area (Å²) in [5, 5.41) is 4.84. The molecule has 0 aliphatic carbocycles. The predicted molar refractivity (Wildman–Crippen MR) is 133 cm³/mol. The van der Waals surface area contributed by atoms with Crippen molar-refractivity contribution in [3.63, 3.8) is 0 Å². The normalized spacial score (nSPS) is 14.8. The van der Waals surface area contributed by atoms with Crippen LogP contribution < -0.4 is 14.8 Å². The van der Waals surface area contributed by atoms with E-state index < -0.39 is 0 Å². The zero-order valence-corrected chi connectivity index (χ0v) is 20.2. The molecule has 34 heavy (non-hydrogen) atoms. The topological polar surface area (TPSA) is 67.9 Å². The average molecular weight is 477 g/mol. The number of methoxy groups -OCH3 is 2. The summed E-state index contributed by atoms with van der Waals surface area (Å²) in [6, 6.07) is 15.6. The molecule has 0 bridgehead atoms. The van der Waals surface area contributed by atoms with Crippen molar-refractivity contribution in [3.05, 3.63) is 93.7 Å². The van der Waals surface area contributed by atoms with Crippen LogP contribution in [0.15, 0.2) is 66.6 Å². The molecule has 0 spiro atoms. The van der Waals surface area contributed by atoms with E-state index in [4.69, 9.17) is 9.47 Å². The number of benzene rings is 2. The van der Waals surface area contributed by atoms with Crippen LogP contribution in [-0.2, 0) is 29.0 Å². The molecule has 0 saturated heterocycles. The van der Waals surface area contributed by atoms with Crippen LogP contribution in [0.2, 0.25) is 0 Å². The van der Waals surface area contributed by atoms with Crippen LogP contribution in [-0.4, -0.2) is 37.5 Å². The third-order valence-electron chi connectivity index (χ3n) is 6.11. The number of carbonyl (C=O) groups is 2. The number of ether oxygens (including phenoxy) is 2. The number of nitrogens with zero attached hydrogens (tertiary/aromatic N) is 1. The second-order valence-electron chi connectivity index (χ2n) is 8.03. The number of nitrogens with one attached hydrogen (secondary N) is 1. The first-order chi connectivity index (χ1) is 16.5. The van der Waals surface area contributed by atoms with Crippen molar-refractivity contribution in [1.29, 1.82) is 0 Å². The molecule has 1 unspecified atom stereocenters. The van der Waals surface area contributed by atoms with Crippen molar-refractivity contribution < 1.29 is 19.1 Å². The molecular formula is C27H28N2O4S. The highest BCUT2D eigenvalue weighted by atomic mass is 32.1. The molecule has 2 amide bonds. The molecule has 7 heteroatoms. The molecular weight excluding hydrogens is 448 g/mol. The highest BCUT2D eigenvalue weighted by Crippen LogP contribution is 2.42. The fraction of sp³-hybridized carbons (Fsp3) is 0.259. The lowest BCUT2D eigenvalue weighted by atomic mass is 9.90. The van der Waals surface area contributed by atoms with Gasteiger partial charge in [-0.15, -0.1) is 11.3 Å². The molecule has 0 fully saturated rings. The van der Waals surface area contributed by atoms with E-state index in [0.29, 0.717) is 24.6 Å². The number of amides is 2. The molecule has 0 saturated carbocycles. The van der Waals surface area contributed by atoms with Crippen molar-refractivity contribution in [3.8, 4) is 11.5 Å². The van der Waals surface area contributed by atoms with Crippen LogP contribution in [0, 0.1) is 0 Å². The fourth-order valence-electron chi connectivity index (χ4n) is 4.39. The van der Waals surface area contributed by atoms with Crippen molar-refractivity contribution in [1.82, 2.24) is 10.2 Å². The Bertz CT molecular complexity index is 1190. The highest BCUT2D eigenvalue weighted by Gasteiger charge is 2.34. The Kier molecular flexibility index (Phi) is 7.33. The SMILES string of the molecule is C=CC(=O)NCc1ccccc1CC(=O)N1CCc2cc(OC)c(OC)cc2C1c1cccs1. The van der Waals surface area contributed by atoms with Gasteiger partial charge >= 0.3 is 0 Å². The number of hydrogen-bond donors (Lipinski definition) is 1. The molecule has 1 aliphatic rings. The lowest BCUT2D eigenvalue weighted by molar-refractivity contribution is -0.132. The van der Waals surface area contributed by atoms with Crippen molar-refractivity contribution in [2.24, 2.45) is 0 Å². The maximum Gasteiger partial charge on any atom is 0.243 e. The van der Waals surface area contributed by atoms with E-state index in [-0.39, 0.29) is 24.3 Å². The summed E-state index contributed by atoms with van der Waals surface area (Å²) in [7, 11) is 3.26. The molecule has 3 aromatic rings. The highest BCUT2D eigenvalue weighted by molar-refractivity contribution is 7.10. The molecule has 2 aromatic carbocycles. The number of rotatable bonds is 8. The lowest BCUT2D eigenvalue weighted by Crippen LogP contribution is -2.41. The standard InChI is InChI=1S/C27H28N2O4S/c1-4-25(30)28-17-20-9-6-5-8-18(20)15-26(31)29-12-11-19-14-22(32-2)23(33-3)16-21(19)27(29)24-10-7-13-34-24/h4-10,13-14,16,27H,1,11-12,15,17H2,2-3H3,(H,28,30). The maximum atomic E-state index is 13.7. The second kappa shape index (κ2) is 10.6. The molecule has 2 heterocycles. The number of thiophene rings is 1. The van der Waals surface area contributed by atoms with E-state index in [9.17, 15) is 9.59 Å². The number of hydrogen-bond acceptors (Lipinski definition) is 5. The molecule has 1 atom stereocenters. The summed E-state index contributed by atoms with van der Waals surface area (Å²) >= 11 is 1.64. The summed E-state index contributed by atoms with van der Waals surface area (Å²) < 4.78 is 11.1. The van der Waals surface area contributed by atoms with Crippen LogP contribution in [0.25, 0.3) is 0 Å². The van der Waals surface area contributed by atoms with Crippen LogP contribution in [0.3, 0.4) is 0 Å². The van der Waals surface area contributed by atoms with Gasteiger partial charge in [-0.25, -0.2) is 0 Å². The van der Waals surface area contributed by atoms with Crippen molar-refractivity contribution in [2.45, 2.75) is 25.4 Å². The first-order valence-corrected chi connectivity index (χ1v) is 12.0. The number of fused-ring (bicyclic) bond motifs is 1. The predicted octanol–water partition coefficient (Wildman–Crippen LogP) is 4.28. The van der Waals surface area contributed by atoms with Gasteiger partial charge in [-0.3, -0.25) is 9.59 Å². The minimum Gasteiger partial charge on any atom is -0.493 e. The monoisotopic (exact) mass is 476 g/mol. The fourth-order valence-corrected chi connectivity index (χ4v) is 5.24. The largest absolute Gasteiger partial charge is 0.493 e. The summed E-state index contributed by atoms with van der Waals surface area (Å²) in [4.78, 5) is 28.4. The Morgan fingerprint density at radius 1 is 1.12 bits per heavy atom. The third kappa shape index (κ3) is 4.84. The Morgan fingerprint density at radius 3 is 2.53 bits per heavy atom. The van der Waals surface area contributed by atoms with Gasteiger partial charge in [0.05, 0.1) is 26.7 Å². The average Bonchev–Trinajstić information content (AvgIpc) is 3.40. The number of carbonyl (C=O) groups excluding carboxylic acids is 2. The first kappa shape index (κ1) is 23.6. The zero-order valence-electron chi connectivity index (χ0n) is 19.4. The Labute approximate surface area is 203 Å². The third-order valence-corrected chi connectivity index (χ3v) is 7.03. The molecule has 1 N–H and O–H groups in total.